The Morgan fingerprint density at radius 1 is 1.04 bits per heavy atom. The van der Waals surface area contributed by atoms with Crippen molar-refractivity contribution in [1.82, 2.24) is 0 Å². The first kappa shape index (κ1) is 19.5. The van der Waals surface area contributed by atoms with Gasteiger partial charge in [-0.25, -0.2) is 4.39 Å². The Balaban J connectivity index is 1.85. The van der Waals surface area contributed by atoms with E-state index in [4.69, 9.17) is 0 Å². The van der Waals surface area contributed by atoms with Crippen LogP contribution in [-0.4, -0.2) is 0 Å². The van der Waals surface area contributed by atoms with Crippen molar-refractivity contribution in [3.63, 3.8) is 0 Å². The highest BCUT2D eigenvalue weighted by molar-refractivity contribution is 5.28. The molecule has 1 fully saturated rings. The maximum Gasteiger partial charge on any atom is 0.129 e. The van der Waals surface area contributed by atoms with Crippen molar-refractivity contribution in [3.8, 4) is 0 Å². The highest BCUT2D eigenvalue weighted by Crippen LogP contribution is 2.42. The topological polar surface area (TPSA) is 0 Å². The molecule has 0 saturated heterocycles. The quantitative estimate of drug-likeness (QED) is 0.458. The van der Waals surface area contributed by atoms with Gasteiger partial charge in [-0.15, -0.1) is 0 Å². The fourth-order valence-corrected chi connectivity index (χ4v) is 4.59. The molecule has 1 aromatic carbocycles. The maximum absolute atomic E-state index is 14.4. The molecular formula is C23H37F. The highest BCUT2D eigenvalue weighted by Gasteiger charge is 2.28. The molecule has 24 heavy (non-hydrogen) atoms. The molecule has 1 aromatic rings. The number of aryl methyl sites for hydroxylation is 1. The van der Waals surface area contributed by atoms with Crippen LogP contribution in [0.25, 0.3) is 0 Å². The molecule has 0 nitrogen and oxygen atoms in total. The van der Waals surface area contributed by atoms with Crippen LogP contribution in [0.1, 0.15) is 95.6 Å². The lowest BCUT2D eigenvalue weighted by Gasteiger charge is -2.34. The minimum Gasteiger partial charge on any atom is -0.206 e. The lowest BCUT2D eigenvalue weighted by Crippen LogP contribution is -2.21. The molecular weight excluding hydrogens is 295 g/mol. The first-order valence-corrected chi connectivity index (χ1v) is 10.3. The Kier molecular flexibility index (Phi) is 7.78. The van der Waals surface area contributed by atoms with Crippen LogP contribution in [0.2, 0.25) is 0 Å². The van der Waals surface area contributed by atoms with Gasteiger partial charge in [0.2, 0.25) is 0 Å². The fraction of sp³-hybridized carbons (Fsp3) is 0.739. The van der Waals surface area contributed by atoms with Gasteiger partial charge in [-0.05, 0) is 67.4 Å². The number of benzene rings is 1. The van der Waals surface area contributed by atoms with E-state index in [1.54, 1.807) is 0 Å². The van der Waals surface area contributed by atoms with Gasteiger partial charge in [-0.2, -0.15) is 0 Å². The highest BCUT2D eigenvalue weighted by atomic mass is 19.1. The molecule has 0 aliphatic heterocycles. The van der Waals surface area contributed by atoms with E-state index < -0.39 is 0 Å². The van der Waals surface area contributed by atoms with Gasteiger partial charge in [0.05, 0.1) is 0 Å². The van der Waals surface area contributed by atoms with Crippen molar-refractivity contribution in [2.75, 3.05) is 0 Å². The van der Waals surface area contributed by atoms with E-state index in [9.17, 15) is 4.39 Å². The van der Waals surface area contributed by atoms with Gasteiger partial charge in [0, 0.05) is 0 Å². The van der Waals surface area contributed by atoms with Gasteiger partial charge in [0.1, 0.15) is 5.82 Å². The summed E-state index contributed by atoms with van der Waals surface area (Å²) in [6.45, 7) is 8.92. The molecule has 0 aromatic heterocycles. The molecule has 1 aliphatic carbocycles. The van der Waals surface area contributed by atoms with Crippen molar-refractivity contribution in [2.45, 2.75) is 91.4 Å². The predicted octanol–water partition coefficient (Wildman–Crippen LogP) is 7.65. The van der Waals surface area contributed by atoms with Crippen molar-refractivity contribution in [2.24, 2.45) is 17.8 Å². The second-order valence-electron chi connectivity index (χ2n) is 8.20. The molecule has 0 spiro atoms. The molecule has 1 heteroatoms. The molecule has 2 unspecified atom stereocenters. The minimum absolute atomic E-state index is 0.0431. The zero-order chi connectivity index (χ0) is 17.5. The smallest absolute Gasteiger partial charge is 0.129 e. The van der Waals surface area contributed by atoms with E-state index in [-0.39, 0.29) is 5.82 Å². The van der Waals surface area contributed by atoms with Crippen LogP contribution in [0.15, 0.2) is 18.2 Å². The zero-order valence-electron chi connectivity index (χ0n) is 16.3. The fourth-order valence-electron chi connectivity index (χ4n) is 4.59. The summed E-state index contributed by atoms with van der Waals surface area (Å²) < 4.78 is 14.4. The van der Waals surface area contributed by atoms with Gasteiger partial charge in [0.25, 0.3) is 0 Å². The van der Waals surface area contributed by atoms with Gasteiger partial charge in [-0.3, -0.25) is 0 Å². The summed E-state index contributed by atoms with van der Waals surface area (Å²) in [5.41, 5.74) is 1.77. The molecule has 2 atom stereocenters. The molecule has 2 rings (SSSR count). The monoisotopic (exact) mass is 332 g/mol. The maximum atomic E-state index is 14.4. The SMILES string of the molecule is CCC(C)CCCC(CC)C1CCC(c2cccc(C)c2F)CC1. The third-order valence-electron chi connectivity index (χ3n) is 6.59. The standard InChI is InChI=1S/C23H37F/c1-5-17(3)9-7-11-19(6-2)20-13-15-21(16-14-20)22-12-8-10-18(4)23(22)24/h8,10,12,17,19-21H,5-7,9,11,13-16H2,1-4H3. The third-order valence-corrected chi connectivity index (χ3v) is 6.59. The van der Waals surface area contributed by atoms with E-state index in [0.717, 1.165) is 28.9 Å². The van der Waals surface area contributed by atoms with Crippen molar-refractivity contribution < 1.29 is 4.39 Å². The molecule has 0 bridgehead atoms. The number of hydrogen-bond donors (Lipinski definition) is 0. The number of halogens is 1. The molecule has 136 valence electrons. The summed E-state index contributed by atoms with van der Waals surface area (Å²) in [5, 5.41) is 0. The van der Waals surface area contributed by atoms with Crippen LogP contribution in [0, 0.1) is 30.5 Å². The Morgan fingerprint density at radius 3 is 2.38 bits per heavy atom. The largest absolute Gasteiger partial charge is 0.206 e. The minimum atomic E-state index is 0.0431. The summed E-state index contributed by atoms with van der Waals surface area (Å²) in [5.74, 6) is 3.12. The average Bonchev–Trinajstić information content (AvgIpc) is 2.61. The molecule has 0 N–H and O–H groups in total. The summed E-state index contributed by atoms with van der Waals surface area (Å²) >= 11 is 0. The predicted molar refractivity (Wildman–Crippen MR) is 103 cm³/mol. The van der Waals surface area contributed by atoms with Gasteiger partial charge >= 0.3 is 0 Å². The van der Waals surface area contributed by atoms with Crippen molar-refractivity contribution >= 4 is 0 Å². The van der Waals surface area contributed by atoms with Gasteiger partial charge in [0.15, 0.2) is 0 Å². The summed E-state index contributed by atoms with van der Waals surface area (Å²) in [4.78, 5) is 0. The van der Waals surface area contributed by atoms with E-state index in [1.807, 2.05) is 25.1 Å². The summed E-state index contributed by atoms with van der Waals surface area (Å²) in [6, 6.07) is 5.91. The Labute approximate surface area is 149 Å². The second kappa shape index (κ2) is 9.59. The summed E-state index contributed by atoms with van der Waals surface area (Å²) in [6.07, 6.45) is 11.7. The Morgan fingerprint density at radius 2 is 1.75 bits per heavy atom. The van der Waals surface area contributed by atoms with E-state index in [2.05, 4.69) is 20.8 Å². The number of rotatable bonds is 8. The Bertz CT molecular complexity index is 485. The first-order valence-electron chi connectivity index (χ1n) is 10.3. The van der Waals surface area contributed by atoms with Crippen LogP contribution >= 0.6 is 0 Å². The lowest BCUT2D eigenvalue weighted by atomic mass is 9.71. The molecule has 0 heterocycles. The van der Waals surface area contributed by atoms with Crippen LogP contribution in [0.4, 0.5) is 4.39 Å². The molecule has 1 aliphatic rings. The summed E-state index contributed by atoms with van der Waals surface area (Å²) in [7, 11) is 0. The van der Waals surface area contributed by atoms with E-state index >= 15 is 0 Å². The van der Waals surface area contributed by atoms with Crippen molar-refractivity contribution in [1.29, 1.82) is 0 Å². The normalized spacial score (nSPS) is 23.9. The van der Waals surface area contributed by atoms with Crippen LogP contribution in [0.3, 0.4) is 0 Å². The van der Waals surface area contributed by atoms with Crippen LogP contribution in [-0.2, 0) is 0 Å². The first-order chi connectivity index (χ1) is 11.6. The average molecular weight is 333 g/mol. The molecule has 1 saturated carbocycles. The second-order valence-corrected chi connectivity index (χ2v) is 8.20. The number of hydrogen-bond acceptors (Lipinski definition) is 0. The van der Waals surface area contributed by atoms with Crippen molar-refractivity contribution in [3.05, 3.63) is 35.1 Å². The lowest BCUT2D eigenvalue weighted by molar-refractivity contribution is 0.208. The zero-order valence-corrected chi connectivity index (χ0v) is 16.3. The Hall–Kier alpha value is -0.850. The third kappa shape index (κ3) is 5.07. The van der Waals surface area contributed by atoms with E-state index in [0.29, 0.717) is 5.92 Å². The van der Waals surface area contributed by atoms with Gasteiger partial charge in [-0.1, -0.05) is 71.1 Å². The van der Waals surface area contributed by atoms with E-state index in [1.165, 1.54) is 57.8 Å². The molecule has 0 amide bonds. The van der Waals surface area contributed by atoms with Crippen LogP contribution < -0.4 is 0 Å². The van der Waals surface area contributed by atoms with Gasteiger partial charge < -0.3 is 0 Å². The molecule has 0 radical (unpaired) electrons. The van der Waals surface area contributed by atoms with Crippen LogP contribution in [0.5, 0.6) is 0 Å².